The van der Waals surface area contributed by atoms with Gasteiger partial charge in [-0.3, -0.25) is 14.9 Å². The lowest BCUT2D eigenvalue weighted by molar-refractivity contribution is -0.148. The number of nitrogens with one attached hydrogen (secondary N) is 1. The number of carbonyl (C=O) groups is 3. The van der Waals surface area contributed by atoms with Crippen LogP contribution in [0.2, 0.25) is 0 Å². The predicted molar refractivity (Wildman–Crippen MR) is 99.8 cm³/mol. The van der Waals surface area contributed by atoms with Crippen molar-refractivity contribution in [1.82, 2.24) is 15.1 Å². The molecule has 1 aromatic carbocycles. The number of amides is 4. The highest BCUT2D eigenvalue weighted by molar-refractivity contribution is 6.01. The number of carbonyl (C=O) groups excluding carboxylic acids is 3. The molecule has 0 aromatic heterocycles. The molecule has 2 aliphatic heterocycles. The van der Waals surface area contributed by atoms with Gasteiger partial charge in [-0.1, -0.05) is 30.3 Å². The molecule has 0 saturated carbocycles. The van der Waals surface area contributed by atoms with E-state index in [0.717, 1.165) is 5.56 Å². The van der Waals surface area contributed by atoms with E-state index in [1.807, 2.05) is 30.3 Å². The van der Waals surface area contributed by atoms with E-state index >= 15 is 0 Å². The number of imide groups is 1. The summed E-state index contributed by atoms with van der Waals surface area (Å²) in [4.78, 5) is 40.9. The number of nitrogens with two attached hydrogens (primary N) is 1. The van der Waals surface area contributed by atoms with Crippen molar-refractivity contribution in [3.63, 3.8) is 0 Å². The zero-order valence-electron chi connectivity index (χ0n) is 15.9. The average molecular weight is 390 g/mol. The summed E-state index contributed by atoms with van der Waals surface area (Å²) in [6.07, 6.45) is -0.372. The van der Waals surface area contributed by atoms with Crippen LogP contribution in [0.5, 0.6) is 0 Å². The van der Waals surface area contributed by atoms with Crippen molar-refractivity contribution in [2.24, 2.45) is 11.7 Å². The molecule has 3 rings (SSSR count). The van der Waals surface area contributed by atoms with Gasteiger partial charge in [0.05, 0.1) is 19.1 Å². The molecule has 2 fully saturated rings. The molecule has 2 saturated heterocycles. The summed E-state index contributed by atoms with van der Waals surface area (Å²) in [5.41, 5.74) is 7.21. The highest BCUT2D eigenvalue weighted by atomic mass is 16.5. The quantitative estimate of drug-likeness (QED) is 0.672. The van der Waals surface area contributed by atoms with Gasteiger partial charge in [0.1, 0.15) is 12.2 Å². The van der Waals surface area contributed by atoms with E-state index in [1.54, 1.807) is 0 Å². The second kappa shape index (κ2) is 9.13. The molecule has 9 nitrogen and oxygen atoms in total. The lowest BCUT2D eigenvalue weighted by Gasteiger charge is -2.43. The molecule has 4 amide bonds. The molecule has 0 bridgehead atoms. The molecule has 3 atom stereocenters. The second-order valence-electron chi connectivity index (χ2n) is 6.93. The SMILES string of the molecule is COCCN(C(=O)C1CCOC1)C1C(=O)NC(=O)N(Cc2ccccc2)C1N. The van der Waals surface area contributed by atoms with Crippen molar-refractivity contribution in [2.45, 2.75) is 25.2 Å². The first kappa shape index (κ1) is 20.2. The third kappa shape index (κ3) is 4.32. The smallest absolute Gasteiger partial charge is 0.325 e. The van der Waals surface area contributed by atoms with Gasteiger partial charge in [0, 0.05) is 26.8 Å². The fraction of sp³-hybridized carbons (Fsp3) is 0.526. The van der Waals surface area contributed by atoms with Gasteiger partial charge >= 0.3 is 6.03 Å². The van der Waals surface area contributed by atoms with Crippen molar-refractivity contribution in [3.05, 3.63) is 35.9 Å². The van der Waals surface area contributed by atoms with Gasteiger partial charge in [0.25, 0.3) is 5.91 Å². The molecule has 3 N–H and O–H groups in total. The largest absolute Gasteiger partial charge is 0.383 e. The Bertz CT molecular complexity index is 708. The fourth-order valence-electron chi connectivity index (χ4n) is 3.54. The number of hydrogen-bond acceptors (Lipinski definition) is 6. The summed E-state index contributed by atoms with van der Waals surface area (Å²) >= 11 is 0. The van der Waals surface area contributed by atoms with Crippen molar-refractivity contribution in [2.75, 3.05) is 33.5 Å². The molecule has 1 aromatic rings. The zero-order valence-corrected chi connectivity index (χ0v) is 15.9. The van der Waals surface area contributed by atoms with Crippen molar-refractivity contribution in [3.8, 4) is 0 Å². The normalized spacial score (nSPS) is 24.9. The first-order valence-corrected chi connectivity index (χ1v) is 9.31. The van der Waals surface area contributed by atoms with Gasteiger partial charge in [-0.2, -0.15) is 0 Å². The Labute approximate surface area is 163 Å². The zero-order chi connectivity index (χ0) is 20.1. The topological polar surface area (TPSA) is 114 Å². The highest BCUT2D eigenvalue weighted by Crippen LogP contribution is 2.22. The number of ether oxygens (including phenoxy) is 2. The van der Waals surface area contributed by atoms with Crippen LogP contribution in [0, 0.1) is 5.92 Å². The first-order chi connectivity index (χ1) is 13.5. The molecule has 0 radical (unpaired) electrons. The summed E-state index contributed by atoms with van der Waals surface area (Å²) in [5, 5.41) is 2.33. The van der Waals surface area contributed by atoms with Crippen LogP contribution >= 0.6 is 0 Å². The highest BCUT2D eigenvalue weighted by Gasteiger charge is 2.45. The van der Waals surface area contributed by atoms with Gasteiger partial charge < -0.3 is 25.0 Å². The molecule has 3 unspecified atom stereocenters. The van der Waals surface area contributed by atoms with Crippen LogP contribution in [0.4, 0.5) is 4.79 Å². The maximum absolute atomic E-state index is 13.0. The fourth-order valence-corrected chi connectivity index (χ4v) is 3.54. The maximum Gasteiger partial charge on any atom is 0.325 e. The Hall–Kier alpha value is -2.49. The van der Waals surface area contributed by atoms with E-state index in [1.165, 1.54) is 16.9 Å². The summed E-state index contributed by atoms with van der Waals surface area (Å²) < 4.78 is 10.4. The Kier molecular flexibility index (Phi) is 6.61. The molecule has 0 spiro atoms. The number of hydrogen-bond donors (Lipinski definition) is 2. The van der Waals surface area contributed by atoms with Crippen LogP contribution < -0.4 is 11.1 Å². The van der Waals surface area contributed by atoms with Gasteiger partial charge in [-0.05, 0) is 12.0 Å². The summed E-state index contributed by atoms with van der Waals surface area (Å²) in [7, 11) is 1.52. The number of benzene rings is 1. The van der Waals surface area contributed by atoms with Crippen LogP contribution in [0.1, 0.15) is 12.0 Å². The van der Waals surface area contributed by atoms with Crippen LogP contribution in [0.15, 0.2) is 30.3 Å². The summed E-state index contributed by atoms with van der Waals surface area (Å²) in [6, 6.07) is 7.77. The van der Waals surface area contributed by atoms with Gasteiger partial charge in [0.2, 0.25) is 5.91 Å². The van der Waals surface area contributed by atoms with Crippen LogP contribution in [-0.4, -0.2) is 73.3 Å². The molecular formula is C19H26N4O5. The van der Waals surface area contributed by atoms with E-state index in [9.17, 15) is 14.4 Å². The minimum atomic E-state index is -0.996. The molecule has 2 heterocycles. The van der Waals surface area contributed by atoms with Crippen LogP contribution in [0.3, 0.4) is 0 Å². The standard InChI is InChI=1S/C19H26N4O5/c1-27-10-8-22(18(25)14-7-9-28-12-14)15-16(20)23(19(26)21-17(15)24)11-13-5-3-2-4-6-13/h2-6,14-16H,7-12,20H2,1H3,(H,21,24,26). The van der Waals surface area contributed by atoms with Gasteiger partial charge in [0.15, 0.2) is 0 Å². The van der Waals surface area contributed by atoms with Crippen LogP contribution in [0.25, 0.3) is 0 Å². The number of rotatable bonds is 7. The summed E-state index contributed by atoms with van der Waals surface area (Å²) in [5.74, 6) is -1.11. The van der Waals surface area contributed by atoms with E-state index < -0.39 is 24.1 Å². The second-order valence-corrected chi connectivity index (χ2v) is 6.93. The molecule has 152 valence electrons. The molecule has 28 heavy (non-hydrogen) atoms. The molecule has 2 aliphatic rings. The first-order valence-electron chi connectivity index (χ1n) is 9.31. The number of urea groups is 1. The van der Waals surface area contributed by atoms with Gasteiger partial charge in [-0.15, -0.1) is 0 Å². The molecule has 9 heteroatoms. The van der Waals surface area contributed by atoms with Crippen molar-refractivity contribution < 1.29 is 23.9 Å². The maximum atomic E-state index is 13.0. The van der Waals surface area contributed by atoms with E-state index in [2.05, 4.69) is 5.32 Å². The third-order valence-electron chi connectivity index (χ3n) is 5.07. The Morgan fingerprint density at radius 2 is 2.11 bits per heavy atom. The molecule has 0 aliphatic carbocycles. The monoisotopic (exact) mass is 390 g/mol. The van der Waals surface area contributed by atoms with Crippen LogP contribution in [-0.2, 0) is 25.6 Å². The summed E-state index contributed by atoms with van der Waals surface area (Å²) in [6.45, 7) is 1.51. The van der Waals surface area contributed by atoms with Gasteiger partial charge in [-0.25, -0.2) is 4.79 Å². The Morgan fingerprint density at radius 3 is 2.75 bits per heavy atom. The lowest BCUT2D eigenvalue weighted by Crippen LogP contribution is -2.71. The third-order valence-corrected chi connectivity index (χ3v) is 5.07. The number of nitrogens with zero attached hydrogens (tertiary/aromatic N) is 2. The minimum absolute atomic E-state index is 0.199. The van der Waals surface area contributed by atoms with E-state index in [-0.39, 0.29) is 31.5 Å². The minimum Gasteiger partial charge on any atom is -0.383 e. The average Bonchev–Trinajstić information content (AvgIpc) is 3.22. The van der Waals surface area contributed by atoms with Crippen molar-refractivity contribution in [1.29, 1.82) is 0 Å². The van der Waals surface area contributed by atoms with E-state index in [0.29, 0.717) is 19.6 Å². The predicted octanol–water partition coefficient (Wildman–Crippen LogP) is -0.0967. The van der Waals surface area contributed by atoms with Crippen molar-refractivity contribution >= 4 is 17.8 Å². The Balaban J connectivity index is 1.83. The van der Waals surface area contributed by atoms with E-state index in [4.69, 9.17) is 15.2 Å². The Morgan fingerprint density at radius 1 is 1.36 bits per heavy atom. The molecular weight excluding hydrogens is 364 g/mol. The number of methoxy groups -OCH3 is 1. The lowest BCUT2D eigenvalue weighted by atomic mass is 10.0.